The molecular formula is C17H22N4O. The Hall–Kier alpha value is -2.43. The molecule has 0 saturated carbocycles. The number of aromatic nitrogens is 2. The summed E-state index contributed by atoms with van der Waals surface area (Å²) in [6.07, 6.45) is 5.11. The number of amides is 1. The Kier molecular flexibility index (Phi) is 5.47. The lowest BCUT2D eigenvalue weighted by Crippen LogP contribution is -2.24. The summed E-state index contributed by atoms with van der Waals surface area (Å²) in [5.74, 6) is 0.352. The number of rotatable bonds is 6. The third kappa shape index (κ3) is 4.28. The van der Waals surface area contributed by atoms with Crippen LogP contribution in [0.3, 0.4) is 0 Å². The van der Waals surface area contributed by atoms with E-state index in [-0.39, 0.29) is 5.91 Å². The van der Waals surface area contributed by atoms with Gasteiger partial charge in [-0.15, -0.1) is 0 Å². The third-order valence-electron chi connectivity index (χ3n) is 3.37. The van der Waals surface area contributed by atoms with Crippen LogP contribution in [-0.2, 0) is 0 Å². The molecular weight excluding hydrogens is 276 g/mol. The summed E-state index contributed by atoms with van der Waals surface area (Å²) in [5.41, 5.74) is 3.73. The molecule has 2 rings (SSSR count). The Labute approximate surface area is 131 Å². The molecule has 0 bridgehead atoms. The summed E-state index contributed by atoms with van der Waals surface area (Å²) in [5, 5.41) is 6.02. The maximum Gasteiger partial charge on any atom is 0.254 e. The summed E-state index contributed by atoms with van der Waals surface area (Å²) < 4.78 is 0. The number of aryl methyl sites for hydroxylation is 2. The molecule has 0 unspecified atom stereocenters. The van der Waals surface area contributed by atoms with Crippen molar-refractivity contribution in [2.24, 2.45) is 0 Å². The van der Waals surface area contributed by atoms with E-state index in [0.29, 0.717) is 18.1 Å². The molecule has 0 atom stereocenters. The van der Waals surface area contributed by atoms with E-state index < -0.39 is 0 Å². The van der Waals surface area contributed by atoms with E-state index in [0.717, 1.165) is 24.1 Å². The van der Waals surface area contributed by atoms with Gasteiger partial charge in [-0.1, -0.05) is 25.5 Å². The standard InChI is InChI=1S/C17H22N4O/c1-4-5-8-18-16(22)14-10-19-17(20-11-14)21-15-9-12(2)6-7-13(15)3/h6-7,9-11H,4-5,8H2,1-3H3,(H,18,22)(H,19,20,21). The molecule has 0 radical (unpaired) electrons. The van der Waals surface area contributed by atoms with Crippen LogP contribution in [0.25, 0.3) is 0 Å². The lowest BCUT2D eigenvalue weighted by Gasteiger charge is -2.09. The van der Waals surface area contributed by atoms with Crippen LogP contribution in [0.2, 0.25) is 0 Å². The normalized spacial score (nSPS) is 10.3. The van der Waals surface area contributed by atoms with Gasteiger partial charge in [0.25, 0.3) is 5.91 Å². The molecule has 0 aliphatic carbocycles. The van der Waals surface area contributed by atoms with Crippen molar-refractivity contribution in [2.75, 3.05) is 11.9 Å². The molecule has 0 spiro atoms. The Morgan fingerprint density at radius 1 is 1.18 bits per heavy atom. The molecule has 0 fully saturated rings. The zero-order chi connectivity index (χ0) is 15.9. The van der Waals surface area contributed by atoms with Crippen LogP contribution in [-0.4, -0.2) is 22.4 Å². The van der Waals surface area contributed by atoms with E-state index in [2.05, 4.69) is 33.6 Å². The summed E-state index contributed by atoms with van der Waals surface area (Å²) in [4.78, 5) is 20.3. The Balaban J connectivity index is 2.02. The first kappa shape index (κ1) is 15.9. The van der Waals surface area contributed by atoms with Gasteiger partial charge in [-0.2, -0.15) is 0 Å². The molecule has 0 saturated heterocycles. The number of unbranched alkanes of at least 4 members (excludes halogenated alkanes) is 1. The van der Waals surface area contributed by atoms with E-state index >= 15 is 0 Å². The zero-order valence-corrected chi connectivity index (χ0v) is 13.3. The minimum atomic E-state index is -0.133. The third-order valence-corrected chi connectivity index (χ3v) is 3.37. The number of benzene rings is 1. The second kappa shape index (κ2) is 7.54. The van der Waals surface area contributed by atoms with Crippen LogP contribution in [0.15, 0.2) is 30.6 Å². The monoisotopic (exact) mass is 298 g/mol. The molecule has 1 aromatic carbocycles. The van der Waals surface area contributed by atoms with Gasteiger partial charge in [0.1, 0.15) is 0 Å². The fourth-order valence-corrected chi connectivity index (χ4v) is 1.98. The minimum absolute atomic E-state index is 0.133. The maximum atomic E-state index is 11.9. The molecule has 1 aromatic heterocycles. The van der Waals surface area contributed by atoms with Gasteiger partial charge in [0.05, 0.1) is 5.56 Å². The van der Waals surface area contributed by atoms with Gasteiger partial charge in [-0.25, -0.2) is 9.97 Å². The van der Waals surface area contributed by atoms with Gasteiger partial charge in [-0.3, -0.25) is 4.79 Å². The molecule has 2 aromatic rings. The molecule has 22 heavy (non-hydrogen) atoms. The maximum absolute atomic E-state index is 11.9. The summed E-state index contributed by atoms with van der Waals surface area (Å²) in [6, 6.07) is 6.16. The summed E-state index contributed by atoms with van der Waals surface area (Å²) >= 11 is 0. The number of nitrogens with one attached hydrogen (secondary N) is 2. The first-order chi connectivity index (χ1) is 10.6. The van der Waals surface area contributed by atoms with E-state index in [1.54, 1.807) is 12.4 Å². The van der Waals surface area contributed by atoms with E-state index in [1.165, 1.54) is 5.56 Å². The van der Waals surface area contributed by atoms with E-state index in [9.17, 15) is 4.79 Å². The number of anilines is 2. The van der Waals surface area contributed by atoms with Crippen molar-refractivity contribution in [1.29, 1.82) is 0 Å². The van der Waals surface area contributed by atoms with Crippen molar-refractivity contribution in [1.82, 2.24) is 15.3 Å². The molecule has 1 heterocycles. The Morgan fingerprint density at radius 2 is 1.91 bits per heavy atom. The van der Waals surface area contributed by atoms with Gasteiger partial charge < -0.3 is 10.6 Å². The predicted molar refractivity (Wildman–Crippen MR) is 88.5 cm³/mol. The number of hydrogen-bond donors (Lipinski definition) is 2. The topological polar surface area (TPSA) is 66.9 Å². The molecule has 0 aliphatic heterocycles. The van der Waals surface area contributed by atoms with Crippen LogP contribution in [0.5, 0.6) is 0 Å². The van der Waals surface area contributed by atoms with Gasteiger partial charge in [0.15, 0.2) is 0 Å². The SMILES string of the molecule is CCCCNC(=O)c1cnc(Nc2cc(C)ccc2C)nc1. The minimum Gasteiger partial charge on any atom is -0.352 e. The molecule has 2 N–H and O–H groups in total. The highest BCUT2D eigenvalue weighted by Gasteiger charge is 2.07. The van der Waals surface area contributed by atoms with Crippen LogP contribution in [0.1, 0.15) is 41.3 Å². The van der Waals surface area contributed by atoms with Crippen molar-refractivity contribution in [3.63, 3.8) is 0 Å². The molecule has 1 amide bonds. The number of carbonyl (C=O) groups is 1. The van der Waals surface area contributed by atoms with Crippen molar-refractivity contribution >= 4 is 17.5 Å². The highest BCUT2D eigenvalue weighted by molar-refractivity contribution is 5.93. The van der Waals surface area contributed by atoms with Gasteiger partial charge >= 0.3 is 0 Å². The lowest BCUT2D eigenvalue weighted by atomic mass is 10.1. The second-order valence-corrected chi connectivity index (χ2v) is 5.35. The predicted octanol–water partition coefficient (Wildman–Crippen LogP) is 3.37. The van der Waals surface area contributed by atoms with Gasteiger partial charge in [-0.05, 0) is 37.5 Å². The van der Waals surface area contributed by atoms with Gasteiger partial charge in [0.2, 0.25) is 5.95 Å². The molecule has 5 nitrogen and oxygen atoms in total. The van der Waals surface area contributed by atoms with Gasteiger partial charge in [0, 0.05) is 24.6 Å². The van der Waals surface area contributed by atoms with Crippen molar-refractivity contribution < 1.29 is 4.79 Å². The smallest absolute Gasteiger partial charge is 0.254 e. The second-order valence-electron chi connectivity index (χ2n) is 5.35. The number of carbonyl (C=O) groups excluding carboxylic acids is 1. The zero-order valence-electron chi connectivity index (χ0n) is 13.3. The first-order valence-corrected chi connectivity index (χ1v) is 7.54. The lowest BCUT2D eigenvalue weighted by molar-refractivity contribution is 0.0952. The van der Waals surface area contributed by atoms with Crippen molar-refractivity contribution in [3.05, 3.63) is 47.3 Å². The van der Waals surface area contributed by atoms with Crippen molar-refractivity contribution in [3.8, 4) is 0 Å². The Morgan fingerprint density at radius 3 is 2.59 bits per heavy atom. The van der Waals surface area contributed by atoms with Crippen LogP contribution < -0.4 is 10.6 Å². The quantitative estimate of drug-likeness (QED) is 0.802. The van der Waals surface area contributed by atoms with Crippen LogP contribution in [0.4, 0.5) is 11.6 Å². The highest BCUT2D eigenvalue weighted by atomic mass is 16.1. The number of hydrogen-bond acceptors (Lipinski definition) is 4. The van der Waals surface area contributed by atoms with Crippen LogP contribution in [0, 0.1) is 13.8 Å². The van der Waals surface area contributed by atoms with E-state index in [4.69, 9.17) is 0 Å². The van der Waals surface area contributed by atoms with Crippen LogP contribution >= 0.6 is 0 Å². The highest BCUT2D eigenvalue weighted by Crippen LogP contribution is 2.19. The van der Waals surface area contributed by atoms with Crippen molar-refractivity contribution in [2.45, 2.75) is 33.6 Å². The summed E-state index contributed by atoms with van der Waals surface area (Å²) in [7, 11) is 0. The molecule has 116 valence electrons. The molecule has 0 aliphatic rings. The number of nitrogens with zero attached hydrogens (tertiary/aromatic N) is 2. The average molecular weight is 298 g/mol. The fourth-order valence-electron chi connectivity index (χ4n) is 1.98. The Bertz CT molecular complexity index is 638. The molecule has 5 heteroatoms. The van der Waals surface area contributed by atoms with E-state index in [1.807, 2.05) is 26.0 Å². The first-order valence-electron chi connectivity index (χ1n) is 7.54. The average Bonchev–Trinajstić information content (AvgIpc) is 2.52. The largest absolute Gasteiger partial charge is 0.352 e. The summed E-state index contributed by atoms with van der Waals surface area (Å²) in [6.45, 7) is 6.83. The fraction of sp³-hybridized carbons (Fsp3) is 0.353.